The molecule has 20 heavy (non-hydrogen) atoms. The molecule has 1 atom stereocenters. The lowest BCUT2D eigenvalue weighted by Gasteiger charge is -2.16. The molecule has 1 rings (SSSR count). The zero-order chi connectivity index (χ0) is 15.1. The third-order valence-electron chi connectivity index (χ3n) is 2.82. The molecule has 1 aromatic heterocycles. The Kier molecular flexibility index (Phi) is 6.60. The Morgan fingerprint density at radius 3 is 2.70 bits per heavy atom. The molecule has 1 unspecified atom stereocenters. The summed E-state index contributed by atoms with van der Waals surface area (Å²) >= 11 is 1.22. The first-order valence-electron chi connectivity index (χ1n) is 6.56. The standard InChI is InChI=1S/C13H21N3O3S/c1-8(2)3-9(5-14)4-11(17)15-6-12-16-10(7-20-12)13(18)19/h7-9H,3-6,14H2,1-2H3,(H,15,17)(H,18,19). The molecular formula is C13H21N3O3S. The van der Waals surface area contributed by atoms with E-state index < -0.39 is 5.97 Å². The van der Waals surface area contributed by atoms with E-state index in [4.69, 9.17) is 10.8 Å². The van der Waals surface area contributed by atoms with Gasteiger partial charge in [-0.3, -0.25) is 4.79 Å². The summed E-state index contributed by atoms with van der Waals surface area (Å²) in [4.78, 5) is 26.4. The molecule has 0 saturated carbocycles. The van der Waals surface area contributed by atoms with E-state index in [1.165, 1.54) is 16.7 Å². The Morgan fingerprint density at radius 2 is 2.20 bits per heavy atom. The van der Waals surface area contributed by atoms with Gasteiger partial charge in [0, 0.05) is 11.8 Å². The van der Waals surface area contributed by atoms with Crippen molar-refractivity contribution in [1.29, 1.82) is 0 Å². The summed E-state index contributed by atoms with van der Waals surface area (Å²) in [6, 6.07) is 0. The number of hydrogen-bond donors (Lipinski definition) is 3. The summed E-state index contributed by atoms with van der Waals surface area (Å²) in [6.07, 6.45) is 1.32. The number of hydrogen-bond acceptors (Lipinski definition) is 5. The average molecular weight is 299 g/mol. The Bertz CT molecular complexity index is 459. The lowest BCUT2D eigenvalue weighted by molar-refractivity contribution is -0.122. The minimum Gasteiger partial charge on any atom is -0.476 e. The minimum absolute atomic E-state index is 0.0129. The molecule has 0 saturated heterocycles. The molecule has 0 aliphatic rings. The first-order valence-corrected chi connectivity index (χ1v) is 7.44. The number of aromatic carboxylic acids is 1. The van der Waals surface area contributed by atoms with Gasteiger partial charge in [0.1, 0.15) is 5.01 Å². The van der Waals surface area contributed by atoms with Gasteiger partial charge in [-0.1, -0.05) is 13.8 Å². The van der Waals surface area contributed by atoms with Crippen LogP contribution in [-0.4, -0.2) is 28.5 Å². The molecule has 0 radical (unpaired) electrons. The number of amides is 1. The molecule has 0 fully saturated rings. The van der Waals surface area contributed by atoms with Crippen molar-refractivity contribution in [2.24, 2.45) is 17.6 Å². The number of carboxylic acid groups (broad SMARTS) is 1. The van der Waals surface area contributed by atoms with Crippen molar-refractivity contribution in [3.05, 3.63) is 16.1 Å². The van der Waals surface area contributed by atoms with E-state index in [-0.39, 0.29) is 24.1 Å². The molecule has 1 amide bonds. The normalized spacial score (nSPS) is 12.4. The Labute approximate surface area is 122 Å². The second-order valence-electron chi connectivity index (χ2n) is 5.14. The summed E-state index contributed by atoms with van der Waals surface area (Å²) in [5.74, 6) is -0.443. The van der Waals surface area contributed by atoms with Crippen molar-refractivity contribution < 1.29 is 14.7 Å². The quantitative estimate of drug-likeness (QED) is 0.674. The van der Waals surface area contributed by atoms with Gasteiger partial charge < -0.3 is 16.2 Å². The number of nitrogens with zero attached hydrogens (tertiary/aromatic N) is 1. The van der Waals surface area contributed by atoms with Crippen molar-refractivity contribution in [2.45, 2.75) is 33.2 Å². The SMILES string of the molecule is CC(C)CC(CN)CC(=O)NCc1nc(C(=O)O)cs1. The number of carbonyl (C=O) groups is 2. The van der Waals surface area contributed by atoms with Crippen LogP contribution in [0, 0.1) is 11.8 Å². The lowest BCUT2D eigenvalue weighted by Crippen LogP contribution is -2.28. The van der Waals surface area contributed by atoms with Crippen molar-refractivity contribution in [3.63, 3.8) is 0 Å². The fourth-order valence-electron chi connectivity index (χ4n) is 1.93. The number of nitrogens with two attached hydrogens (primary N) is 1. The largest absolute Gasteiger partial charge is 0.476 e. The Balaban J connectivity index is 2.40. The van der Waals surface area contributed by atoms with Crippen LogP contribution in [-0.2, 0) is 11.3 Å². The third-order valence-corrected chi connectivity index (χ3v) is 3.67. The van der Waals surface area contributed by atoms with Crippen molar-refractivity contribution in [1.82, 2.24) is 10.3 Å². The molecule has 0 aliphatic carbocycles. The smallest absolute Gasteiger partial charge is 0.355 e. The highest BCUT2D eigenvalue weighted by Crippen LogP contribution is 2.14. The molecule has 0 bridgehead atoms. The molecule has 7 heteroatoms. The number of aromatic nitrogens is 1. The number of nitrogens with one attached hydrogen (secondary N) is 1. The van der Waals surface area contributed by atoms with E-state index >= 15 is 0 Å². The van der Waals surface area contributed by atoms with Crippen LogP contribution in [0.2, 0.25) is 0 Å². The van der Waals surface area contributed by atoms with E-state index in [0.717, 1.165) is 6.42 Å². The van der Waals surface area contributed by atoms with Crippen LogP contribution in [0.25, 0.3) is 0 Å². The van der Waals surface area contributed by atoms with E-state index in [0.29, 0.717) is 23.9 Å². The molecule has 0 spiro atoms. The van der Waals surface area contributed by atoms with Crippen molar-refractivity contribution in [2.75, 3.05) is 6.54 Å². The van der Waals surface area contributed by atoms with E-state index in [2.05, 4.69) is 24.1 Å². The Hall–Kier alpha value is -1.47. The van der Waals surface area contributed by atoms with Gasteiger partial charge in [-0.25, -0.2) is 9.78 Å². The summed E-state index contributed by atoms with van der Waals surface area (Å²) in [6.45, 7) is 4.95. The maximum atomic E-state index is 11.8. The molecule has 0 aliphatic heterocycles. The average Bonchev–Trinajstić information content (AvgIpc) is 2.84. The highest BCUT2D eigenvalue weighted by molar-refractivity contribution is 7.09. The molecule has 0 aromatic carbocycles. The molecular weight excluding hydrogens is 278 g/mol. The van der Waals surface area contributed by atoms with Gasteiger partial charge in [0.15, 0.2) is 5.69 Å². The van der Waals surface area contributed by atoms with Crippen LogP contribution in [0.4, 0.5) is 0 Å². The summed E-state index contributed by atoms with van der Waals surface area (Å²) < 4.78 is 0. The summed E-state index contributed by atoms with van der Waals surface area (Å²) in [5.41, 5.74) is 5.67. The van der Waals surface area contributed by atoms with Crippen LogP contribution in [0.5, 0.6) is 0 Å². The van der Waals surface area contributed by atoms with Gasteiger partial charge in [-0.05, 0) is 24.8 Å². The molecule has 1 heterocycles. The second-order valence-corrected chi connectivity index (χ2v) is 6.09. The fourth-order valence-corrected chi connectivity index (χ4v) is 2.64. The van der Waals surface area contributed by atoms with Gasteiger partial charge in [0.25, 0.3) is 0 Å². The van der Waals surface area contributed by atoms with E-state index in [9.17, 15) is 9.59 Å². The monoisotopic (exact) mass is 299 g/mol. The number of rotatable bonds is 8. The Morgan fingerprint density at radius 1 is 1.50 bits per heavy atom. The van der Waals surface area contributed by atoms with Crippen LogP contribution < -0.4 is 11.1 Å². The van der Waals surface area contributed by atoms with Crippen LogP contribution in [0.1, 0.15) is 42.2 Å². The number of carboxylic acids is 1. The van der Waals surface area contributed by atoms with Gasteiger partial charge in [0.2, 0.25) is 5.91 Å². The van der Waals surface area contributed by atoms with Gasteiger partial charge in [-0.2, -0.15) is 0 Å². The predicted octanol–water partition coefficient (Wildman–Crippen LogP) is 1.47. The summed E-state index contributed by atoms with van der Waals surface area (Å²) in [5, 5.41) is 13.6. The zero-order valence-corrected chi connectivity index (χ0v) is 12.6. The third kappa shape index (κ3) is 5.66. The van der Waals surface area contributed by atoms with E-state index in [1.807, 2.05) is 0 Å². The maximum Gasteiger partial charge on any atom is 0.355 e. The topological polar surface area (TPSA) is 105 Å². The second kappa shape index (κ2) is 7.96. The first-order chi connectivity index (χ1) is 9.42. The summed E-state index contributed by atoms with van der Waals surface area (Å²) in [7, 11) is 0. The molecule has 6 nitrogen and oxygen atoms in total. The number of carbonyl (C=O) groups excluding carboxylic acids is 1. The predicted molar refractivity (Wildman–Crippen MR) is 77.5 cm³/mol. The van der Waals surface area contributed by atoms with Crippen LogP contribution in [0.3, 0.4) is 0 Å². The van der Waals surface area contributed by atoms with Gasteiger partial charge >= 0.3 is 5.97 Å². The molecule has 4 N–H and O–H groups in total. The van der Waals surface area contributed by atoms with Crippen molar-refractivity contribution in [3.8, 4) is 0 Å². The lowest BCUT2D eigenvalue weighted by atomic mass is 9.94. The van der Waals surface area contributed by atoms with Crippen LogP contribution >= 0.6 is 11.3 Å². The molecule has 112 valence electrons. The first kappa shape index (κ1) is 16.6. The highest BCUT2D eigenvalue weighted by atomic mass is 32.1. The molecule has 1 aromatic rings. The fraction of sp³-hybridized carbons (Fsp3) is 0.615. The van der Waals surface area contributed by atoms with Crippen LogP contribution in [0.15, 0.2) is 5.38 Å². The van der Waals surface area contributed by atoms with Gasteiger partial charge in [-0.15, -0.1) is 11.3 Å². The van der Waals surface area contributed by atoms with E-state index in [1.54, 1.807) is 0 Å². The number of thiazole rings is 1. The van der Waals surface area contributed by atoms with Crippen molar-refractivity contribution >= 4 is 23.2 Å². The minimum atomic E-state index is -1.06. The highest BCUT2D eigenvalue weighted by Gasteiger charge is 2.15. The zero-order valence-electron chi connectivity index (χ0n) is 11.8. The maximum absolute atomic E-state index is 11.8. The van der Waals surface area contributed by atoms with Gasteiger partial charge in [0.05, 0.1) is 6.54 Å².